The predicted octanol–water partition coefficient (Wildman–Crippen LogP) is 4.57. The van der Waals surface area contributed by atoms with Gasteiger partial charge in [-0.3, -0.25) is 4.79 Å². The standard InChI is InChI=1S/C27H26FNO4/c28-24-12-10-19(11-13-24)16-29-27(31)25-14-23(22-4-2-1-3-5-22)15-26(33-25)32-18-21-8-6-20(17-30)7-9-21/h1-14,23,26,30H,15-18H2,(H,29,31)/t23-,26+/m1/s1. The maximum absolute atomic E-state index is 13.1. The molecule has 0 aromatic heterocycles. The highest BCUT2D eigenvalue weighted by atomic mass is 19.1. The highest BCUT2D eigenvalue weighted by molar-refractivity contribution is 5.91. The molecule has 2 atom stereocenters. The Balaban J connectivity index is 1.44. The Morgan fingerprint density at radius 1 is 0.970 bits per heavy atom. The van der Waals surface area contributed by atoms with E-state index >= 15 is 0 Å². The first-order valence-corrected chi connectivity index (χ1v) is 10.9. The minimum Gasteiger partial charge on any atom is -0.459 e. The van der Waals surface area contributed by atoms with Gasteiger partial charge in [-0.25, -0.2) is 4.39 Å². The molecule has 0 spiro atoms. The van der Waals surface area contributed by atoms with Crippen LogP contribution in [0.1, 0.15) is 34.6 Å². The fourth-order valence-electron chi connectivity index (χ4n) is 3.65. The van der Waals surface area contributed by atoms with Gasteiger partial charge in [0, 0.05) is 18.9 Å². The molecule has 33 heavy (non-hydrogen) atoms. The van der Waals surface area contributed by atoms with Crippen LogP contribution in [0.2, 0.25) is 0 Å². The lowest BCUT2D eigenvalue weighted by Gasteiger charge is -2.29. The van der Waals surface area contributed by atoms with Crippen LogP contribution < -0.4 is 5.32 Å². The van der Waals surface area contributed by atoms with E-state index in [2.05, 4.69) is 5.32 Å². The van der Waals surface area contributed by atoms with Gasteiger partial charge in [-0.1, -0.05) is 66.7 Å². The number of aliphatic hydroxyl groups is 1. The highest BCUT2D eigenvalue weighted by Gasteiger charge is 2.28. The van der Waals surface area contributed by atoms with E-state index in [1.165, 1.54) is 12.1 Å². The third-order valence-corrected chi connectivity index (χ3v) is 5.52. The topological polar surface area (TPSA) is 67.8 Å². The SMILES string of the molecule is O=C(NCc1ccc(F)cc1)C1=C[C@@H](c2ccccc2)C[C@@H](OCc2ccc(CO)cc2)O1. The Morgan fingerprint density at radius 3 is 2.33 bits per heavy atom. The molecule has 3 aromatic rings. The van der Waals surface area contributed by atoms with Crippen molar-refractivity contribution in [2.45, 2.75) is 38.4 Å². The van der Waals surface area contributed by atoms with Crippen LogP contribution in [-0.4, -0.2) is 17.3 Å². The molecule has 1 amide bonds. The van der Waals surface area contributed by atoms with Gasteiger partial charge in [-0.2, -0.15) is 0 Å². The molecule has 4 rings (SSSR count). The van der Waals surface area contributed by atoms with Crippen molar-refractivity contribution in [3.63, 3.8) is 0 Å². The van der Waals surface area contributed by atoms with Crippen molar-refractivity contribution in [2.24, 2.45) is 0 Å². The molecule has 0 saturated heterocycles. The Morgan fingerprint density at radius 2 is 1.64 bits per heavy atom. The maximum Gasteiger partial charge on any atom is 0.286 e. The number of carbonyl (C=O) groups is 1. The summed E-state index contributed by atoms with van der Waals surface area (Å²) in [6.07, 6.45) is 1.81. The monoisotopic (exact) mass is 447 g/mol. The molecule has 2 N–H and O–H groups in total. The smallest absolute Gasteiger partial charge is 0.286 e. The molecule has 1 aliphatic heterocycles. The summed E-state index contributed by atoms with van der Waals surface area (Å²) in [6.45, 7) is 0.577. The van der Waals surface area contributed by atoms with Crippen LogP contribution >= 0.6 is 0 Å². The average molecular weight is 448 g/mol. The molecular formula is C27H26FNO4. The number of allylic oxidation sites excluding steroid dienone is 1. The number of nitrogens with one attached hydrogen (secondary N) is 1. The van der Waals surface area contributed by atoms with E-state index in [1.807, 2.05) is 60.7 Å². The van der Waals surface area contributed by atoms with E-state index in [0.717, 1.165) is 22.3 Å². The molecule has 0 fully saturated rings. The number of hydrogen-bond acceptors (Lipinski definition) is 4. The van der Waals surface area contributed by atoms with Gasteiger partial charge in [0.05, 0.1) is 13.2 Å². The second kappa shape index (κ2) is 10.9. The summed E-state index contributed by atoms with van der Waals surface area (Å²) in [4.78, 5) is 12.8. The quantitative estimate of drug-likeness (QED) is 0.531. The van der Waals surface area contributed by atoms with Crippen molar-refractivity contribution >= 4 is 5.91 Å². The highest BCUT2D eigenvalue weighted by Crippen LogP contribution is 2.31. The van der Waals surface area contributed by atoms with Crippen LogP contribution in [0, 0.1) is 5.82 Å². The number of benzene rings is 3. The summed E-state index contributed by atoms with van der Waals surface area (Å²) < 4.78 is 25.0. The van der Waals surface area contributed by atoms with Crippen LogP contribution in [0.25, 0.3) is 0 Å². The van der Waals surface area contributed by atoms with Crippen molar-refractivity contribution in [1.29, 1.82) is 0 Å². The normalized spacial score (nSPS) is 17.7. The van der Waals surface area contributed by atoms with Crippen LogP contribution in [0.3, 0.4) is 0 Å². The van der Waals surface area contributed by atoms with Gasteiger partial charge in [0.2, 0.25) is 6.29 Å². The minimum absolute atomic E-state index is 0.00713. The van der Waals surface area contributed by atoms with Gasteiger partial charge >= 0.3 is 0 Å². The number of carbonyl (C=O) groups excluding carboxylic acids is 1. The largest absolute Gasteiger partial charge is 0.459 e. The van der Waals surface area contributed by atoms with Crippen LogP contribution in [0.5, 0.6) is 0 Å². The Hall–Kier alpha value is -3.48. The van der Waals surface area contributed by atoms with Gasteiger partial charge < -0.3 is 19.9 Å². The molecule has 5 nitrogen and oxygen atoms in total. The lowest BCUT2D eigenvalue weighted by atomic mass is 9.93. The molecule has 0 radical (unpaired) electrons. The van der Waals surface area contributed by atoms with Crippen LogP contribution in [0.4, 0.5) is 4.39 Å². The third kappa shape index (κ3) is 6.28. The molecule has 1 heterocycles. The molecule has 6 heteroatoms. The zero-order valence-corrected chi connectivity index (χ0v) is 18.1. The summed E-state index contributed by atoms with van der Waals surface area (Å²) in [5.74, 6) is -0.493. The summed E-state index contributed by atoms with van der Waals surface area (Å²) in [7, 11) is 0. The van der Waals surface area contributed by atoms with Crippen molar-refractivity contribution in [1.82, 2.24) is 5.32 Å². The number of hydrogen-bond donors (Lipinski definition) is 2. The van der Waals surface area contributed by atoms with Crippen molar-refractivity contribution in [3.8, 4) is 0 Å². The lowest BCUT2D eigenvalue weighted by molar-refractivity contribution is -0.150. The minimum atomic E-state index is -0.593. The second-order valence-corrected chi connectivity index (χ2v) is 7.93. The van der Waals surface area contributed by atoms with Crippen molar-refractivity contribution in [3.05, 3.63) is 119 Å². The zero-order valence-electron chi connectivity index (χ0n) is 18.1. The van der Waals surface area contributed by atoms with E-state index < -0.39 is 6.29 Å². The number of ether oxygens (including phenoxy) is 2. The second-order valence-electron chi connectivity index (χ2n) is 7.93. The van der Waals surface area contributed by atoms with Gasteiger partial charge in [0.1, 0.15) is 5.82 Å². The Bertz CT molecular complexity index is 1080. The maximum atomic E-state index is 13.1. The van der Waals surface area contributed by atoms with E-state index in [9.17, 15) is 14.3 Å². The molecule has 0 saturated carbocycles. The average Bonchev–Trinajstić information content (AvgIpc) is 2.87. The summed E-state index contributed by atoms with van der Waals surface area (Å²) in [6, 6.07) is 23.4. The van der Waals surface area contributed by atoms with E-state index in [1.54, 1.807) is 12.1 Å². The van der Waals surface area contributed by atoms with Gasteiger partial charge in [0.25, 0.3) is 5.91 Å². The predicted molar refractivity (Wildman–Crippen MR) is 122 cm³/mol. The van der Waals surface area contributed by atoms with Crippen molar-refractivity contribution in [2.75, 3.05) is 0 Å². The fraction of sp³-hybridized carbons (Fsp3) is 0.222. The number of aliphatic hydroxyl groups excluding tert-OH is 1. The number of rotatable bonds is 8. The lowest BCUT2D eigenvalue weighted by Crippen LogP contribution is -2.32. The van der Waals surface area contributed by atoms with Gasteiger partial charge in [0.15, 0.2) is 5.76 Å². The summed E-state index contributed by atoms with van der Waals surface area (Å²) in [5, 5.41) is 12.0. The van der Waals surface area contributed by atoms with E-state index in [4.69, 9.17) is 9.47 Å². The first kappa shape index (κ1) is 22.7. The molecule has 0 unspecified atom stereocenters. The first-order valence-electron chi connectivity index (χ1n) is 10.9. The zero-order chi connectivity index (χ0) is 23.0. The third-order valence-electron chi connectivity index (χ3n) is 5.52. The fourth-order valence-corrected chi connectivity index (χ4v) is 3.65. The summed E-state index contributed by atoms with van der Waals surface area (Å²) in [5.41, 5.74) is 3.65. The van der Waals surface area contributed by atoms with E-state index in [-0.39, 0.29) is 36.6 Å². The van der Waals surface area contributed by atoms with Gasteiger partial charge in [-0.05, 0) is 40.5 Å². The molecule has 0 aliphatic carbocycles. The number of amides is 1. The van der Waals surface area contributed by atoms with Gasteiger partial charge in [-0.15, -0.1) is 0 Å². The molecular weight excluding hydrogens is 421 g/mol. The van der Waals surface area contributed by atoms with Crippen LogP contribution in [0.15, 0.2) is 90.7 Å². The molecule has 0 bridgehead atoms. The van der Waals surface area contributed by atoms with E-state index in [0.29, 0.717) is 13.0 Å². The van der Waals surface area contributed by atoms with Crippen LogP contribution in [-0.2, 0) is 34.0 Å². The molecule has 170 valence electrons. The van der Waals surface area contributed by atoms with Crippen molar-refractivity contribution < 1.29 is 23.8 Å². The number of halogens is 1. The summed E-state index contributed by atoms with van der Waals surface area (Å²) >= 11 is 0. The Kier molecular flexibility index (Phi) is 7.50. The first-order chi connectivity index (χ1) is 16.1. The molecule has 3 aromatic carbocycles. The molecule has 1 aliphatic rings. The Labute approximate surface area is 192 Å².